The number of nitrogens with zero attached hydrogens (tertiary/aromatic N) is 2. The van der Waals surface area contributed by atoms with E-state index in [-0.39, 0.29) is 9.99 Å². The van der Waals surface area contributed by atoms with E-state index < -0.39 is 44.8 Å². The zero-order chi connectivity index (χ0) is 16.4. The Labute approximate surface area is 118 Å². The number of hydrogen-bond acceptors (Lipinski definition) is 5. The molecule has 0 atom stereocenters. The van der Waals surface area contributed by atoms with Gasteiger partial charge in [0, 0.05) is 18.3 Å². The number of nitrogen functional groups attached to an aromatic ring is 1. The summed E-state index contributed by atoms with van der Waals surface area (Å²) in [6, 6.07) is 2.68. The number of anilines is 1. The van der Waals surface area contributed by atoms with Gasteiger partial charge in [-0.05, 0) is 12.1 Å². The highest BCUT2D eigenvalue weighted by Gasteiger charge is 2.38. The second-order valence-corrected chi connectivity index (χ2v) is 5.94. The third kappa shape index (κ3) is 4.04. The smallest absolute Gasteiger partial charge is 0.399 e. The third-order valence-electron chi connectivity index (χ3n) is 2.51. The Hall–Kier alpha value is -1.88. The molecule has 0 fully saturated rings. The molecule has 118 valence electrons. The van der Waals surface area contributed by atoms with Crippen LogP contribution in [0.5, 0.6) is 0 Å². The fourth-order valence-corrected chi connectivity index (χ4v) is 3.17. The number of nitro benzene ring substituents is 1. The van der Waals surface area contributed by atoms with E-state index in [9.17, 15) is 31.7 Å². The maximum absolute atomic E-state index is 12.4. The van der Waals surface area contributed by atoms with Crippen LogP contribution in [-0.4, -0.2) is 36.9 Å². The summed E-state index contributed by atoms with van der Waals surface area (Å²) in [5.41, 5.74) is 4.39. The Balaban J connectivity index is 3.39. The molecule has 0 spiro atoms. The average Bonchev–Trinajstić information content (AvgIpc) is 2.34. The lowest BCUT2D eigenvalue weighted by Crippen LogP contribution is -2.39. The minimum absolute atomic E-state index is 0.0699. The van der Waals surface area contributed by atoms with Crippen molar-refractivity contribution in [3.63, 3.8) is 0 Å². The van der Waals surface area contributed by atoms with Crippen LogP contribution < -0.4 is 5.73 Å². The van der Waals surface area contributed by atoms with Crippen molar-refractivity contribution < 1.29 is 26.5 Å². The fourth-order valence-electron chi connectivity index (χ4n) is 1.60. The van der Waals surface area contributed by atoms with Crippen LogP contribution in [0.25, 0.3) is 0 Å². The Morgan fingerprint density at radius 1 is 1.38 bits per heavy atom. The van der Waals surface area contributed by atoms with Crippen molar-refractivity contribution in [2.75, 3.05) is 18.8 Å². The topological polar surface area (TPSA) is 107 Å². The van der Waals surface area contributed by atoms with Crippen LogP contribution in [0.1, 0.15) is 6.92 Å². The maximum atomic E-state index is 12.4. The summed E-state index contributed by atoms with van der Waals surface area (Å²) in [5.74, 6) is 0. The molecule has 0 aliphatic heterocycles. The molecule has 1 aromatic rings. The molecule has 0 saturated carbocycles. The van der Waals surface area contributed by atoms with Crippen molar-refractivity contribution in [2.24, 2.45) is 0 Å². The largest absolute Gasteiger partial charge is 0.402 e. The van der Waals surface area contributed by atoms with E-state index in [1.165, 1.54) is 6.92 Å². The van der Waals surface area contributed by atoms with Crippen LogP contribution in [0, 0.1) is 10.1 Å². The van der Waals surface area contributed by atoms with Gasteiger partial charge in [-0.3, -0.25) is 10.1 Å². The van der Waals surface area contributed by atoms with Crippen LogP contribution in [0.3, 0.4) is 0 Å². The molecule has 0 bridgehead atoms. The van der Waals surface area contributed by atoms with Crippen LogP contribution in [0.15, 0.2) is 23.1 Å². The lowest BCUT2D eigenvalue weighted by molar-refractivity contribution is -0.387. The molecule has 1 rings (SSSR count). The summed E-state index contributed by atoms with van der Waals surface area (Å²) >= 11 is 0. The summed E-state index contributed by atoms with van der Waals surface area (Å²) in [6.07, 6.45) is -4.76. The number of halogens is 3. The molecule has 0 unspecified atom stereocenters. The quantitative estimate of drug-likeness (QED) is 0.504. The molecular formula is C10H12F3N3O4S. The molecule has 0 aromatic heterocycles. The number of sulfonamides is 1. The highest BCUT2D eigenvalue weighted by Crippen LogP contribution is 2.30. The van der Waals surface area contributed by atoms with Gasteiger partial charge in [0.15, 0.2) is 4.90 Å². The molecule has 0 radical (unpaired) electrons. The van der Waals surface area contributed by atoms with E-state index in [1.54, 1.807) is 0 Å². The summed E-state index contributed by atoms with van der Waals surface area (Å²) in [5, 5.41) is 10.9. The molecule has 0 aliphatic rings. The van der Waals surface area contributed by atoms with Gasteiger partial charge in [0.1, 0.15) is 6.54 Å². The molecule has 1 aromatic carbocycles. The summed E-state index contributed by atoms with van der Waals surface area (Å²) < 4.78 is 61.6. The van der Waals surface area contributed by atoms with Crippen molar-refractivity contribution in [3.05, 3.63) is 28.3 Å². The SMILES string of the molecule is CCN(CC(F)(F)F)S(=O)(=O)c1ccc(N)cc1[N+](=O)[O-]. The van der Waals surface area contributed by atoms with E-state index in [0.29, 0.717) is 0 Å². The van der Waals surface area contributed by atoms with Crippen LogP contribution in [0.2, 0.25) is 0 Å². The molecular weight excluding hydrogens is 315 g/mol. The second-order valence-electron chi connectivity index (χ2n) is 4.03. The van der Waals surface area contributed by atoms with Gasteiger partial charge in [-0.15, -0.1) is 0 Å². The van der Waals surface area contributed by atoms with E-state index in [1.807, 2.05) is 0 Å². The normalized spacial score (nSPS) is 12.6. The highest BCUT2D eigenvalue weighted by molar-refractivity contribution is 7.89. The number of hydrogen-bond donors (Lipinski definition) is 1. The summed E-state index contributed by atoms with van der Waals surface area (Å²) in [4.78, 5) is 9.03. The Bertz CT molecular complexity index is 645. The molecule has 21 heavy (non-hydrogen) atoms. The fraction of sp³-hybridized carbons (Fsp3) is 0.400. The molecule has 0 amide bonds. The van der Waals surface area contributed by atoms with Gasteiger partial charge in [0.25, 0.3) is 5.69 Å². The Morgan fingerprint density at radius 3 is 2.38 bits per heavy atom. The Kier molecular flexibility index (Phi) is 4.79. The van der Waals surface area contributed by atoms with Gasteiger partial charge in [-0.25, -0.2) is 8.42 Å². The number of benzene rings is 1. The van der Waals surface area contributed by atoms with E-state index in [0.717, 1.165) is 18.2 Å². The minimum atomic E-state index is -4.76. The number of rotatable bonds is 5. The molecule has 2 N–H and O–H groups in total. The molecule has 0 heterocycles. The lowest BCUT2D eigenvalue weighted by Gasteiger charge is -2.21. The van der Waals surface area contributed by atoms with Gasteiger partial charge in [0.2, 0.25) is 10.0 Å². The van der Waals surface area contributed by atoms with Crippen molar-refractivity contribution in [2.45, 2.75) is 18.0 Å². The van der Waals surface area contributed by atoms with Gasteiger partial charge >= 0.3 is 6.18 Å². The second kappa shape index (κ2) is 5.85. The third-order valence-corrected chi connectivity index (χ3v) is 4.47. The zero-order valence-corrected chi connectivity index (χ0v) is 11.6. The van der Waals surface area contributed by atoms with Gasteiger partial charge in [-0.2, -0.15) is 17.5 Å². The van der Waals surface area contributed by atoms with Crippen molar-refractivity contribution in [3.8, 4) is 0 Å². The van der Waals surface area contributed by atoms with E-state index in [2.05, 4.69) is 0 Å². The minimum Gasteiger partial charge on any atom is -0.399 e. The first kappa shape index (κ1) is 17.2. The first-order valence-electron chi connectivity index (χ1n) is 5.60. The first-order chi connectivity index (χ1) is 9.49. The van der Waals surface area contributed by atoms with Crippen LogP contribution >= 0.6 is 0 Å². The summed E-state index contributed by atoms with van der Waals surface area (Å²) in [6.45, 7) is -1.01. The van der Waals surface area contributed by atoms with Crippen LogP contribution in [-0.2, 0) is 10.0 Å². The number of nitrogens with two attached hydrogens (primary N) is 1. The molecule has 11 heteroatoms. The van der Waals surface area contributed by atoms with Crippen LogP contribution in [0.4, 0.5) is 24.5 Å². The number of nitro groups is 1. The lowest BCUT2D eigenvalue weighted by atomic mass is 10.3. The van der Waals surface area contributed by atoms with E-state index in [4.69, 9.17) is 5.73 Å². The van der Waals surface area contributed by atoms with E-state index >= 15 is 0 Å². The van der Waals surface area contributed by atoms with Gasteiger partial charge in [0.05, 0.1) is 4.92 Å². The maximum Gasteiger partial charge on any atom is 0.402 e. The predicted molar refractivity (Wildman–Crippen MR) is 68.0 cm³/mol. The number of alkyl halides is 3. The average molecular weight is 327 g/mol. The first-order valence-corrected chi connectivity index (χ1v) is 7.04. The summed E-state index contributed by atoms with van der Waals surface area (Å²) in [7, 11) is -4.66. The Morgan fingerprint density at radius 2 is 1.95 bits per heavy atom. The van der Waals surface area contributed by atoms with Crippen molar-refractivity contribution >= 4 is 21.4 Å². The monoisotopic (exact) mass is 327 g/mol. The standard InChI is InChI=1S/C10H12F3N3O4S/c1-2-15(6-10(11,12)13)21(19,20)9-4-3-7(14)5-8(9)16(17)18/h3-5H,2,6,14H2,1H3. The van der Waals surface area contributed by atoms with Crippen molar-refractivity contribution in [1.29, 1.82) is 0 Å². The predicted octanol–water partition coefficient (Wildman–Crippen LogP) is 1.75. The van der Waals surface area contributed by atoms with Crippen molar-refractivity contribution in [1.82, 2.24) is 4.31 Å². The highest BCUT2D eigenvalue weighted by atomic mass is 32.2. The zero-order valence-electron chi connectivity index (χ0n) is 10.8. The van der Waals surface area contributed by atoms with Gasteiger partial charge < -0.3 is 5.73 Å². The molecule has 7 nitrogen and oxygen atoms in total. The molecule has 0 aliphatic carbocycles. The van der Waals surface area contributed by atoms with Gasteiger partial charge in [-0.1, -0.05) is 6.92 Å². The molecule has 0 saturated heterocycles.